The molecule has 0 N–H and O–H groups in total. The lowest BCUT2D eigenvalue weighted by molar-refractivity contribution is 0.651. The number of aromatic nitrogens is 6. The van der Waals surface area contributed by atoms with Crippen LogP contribution in [0.3, 0.4) is 0 Å². The van der Waals surface area contributed by atoms with Gasteiger partial charge in [-0.3, -0.25) is 4.57 Å². The zero-order valence-electron chi connectivity index (χ0n) is 26.4. The number of rotatable bonds is 7. The van der Waals surface area contributed by atoms with Crippen molar-refractivity contribution in [3.63, 3.8) is 0 Å². The molecule has 9 aromatic rings. The van der Waals surface area contributed by atoms with Crippen molar-refractivity contribution < 1.29 is 4.42 Å². The van der Waals surface area contributed by atoms with Gasteiger partial charge in [0, 0.05) is 27.8 Å². The van der Waals surface area contributed by atoms with Crippen molar-refractivity contribution in [1.29, 1.82) is 0 Å². The van der Waals surface area contributed by atoms with Crippen molar-refractivity contribution in [3.05, 3.63) is 165 Å². The molecular formula is C42H28N6O. The van der Waals surface area contributed by atoms with Gasteiger partial charge in [-0.15, -0.1) is 0 Å². The number of para-hydroxylation sites is 2. The summed E-state index contributed by atoms with van der Waals surface area (Å²) >= 11 is 0. The number of benzene rings is 5. The normalized spacial score (nSPS) is 12.0. The molecule has 0 radical (unpaired) electrons. The molecule has 5 aromatic carbocycles. The lowest BCUT2D eigenvalue weighted by atomic mass is 10.0. The van der Waals surface area contributed by atoms with Gasteiger partial charge >= 0.3 is 0 Å². The minimum atomic E-state index is 0.540. The Bertz CT molecular complexity index is 2730. The summed E-state index contributed by atoms with van der Waals surface area (Å²) in [7, 11) is 0. The zero-order valence-corrected chi connectivity index (χ0v) is 26.4. The van der Waals surface area contributed by atoms with Gasteiger partial charge in [-0.25, -0.2) is 24.3 Å². The van der Waals surface area contributed by atoms with Crippen LogP contribution in [0.15, 0.2) is 163 Å². The SMILES string of the molecule is C=C/C=C(\C=C)c1nc(-c2ccccc2)nc(-c2ccc(-c3ccc4c(c3)n(-c3ccccc3)c3nc5c6ccccc6oc5n43)cc2)n1. The Morgan fingerprint density at radius 2 is 1.27 bits per heavy atom. The summed E-state index contributed by atoms with van der Waals surface area (Å²) in [6.45, 7) is 7.80. The maximum atomic E-state index is 6.37. The van der Waals surface area contributed by atoms with Crippen molar-refractivity contribution in [2.45, 2.75) is 0 Å². The van der Waals surface area contributed by atoms with E-state index in [0.717, 1.165) is 72.5 Å². The van der Waals surface area contributed by atoms with Crippen LogP contribution in [-0.2, 0) is 0 Å². The molecule has 0 saturated heterocycles. The second kappa shape index (κ2) is 11.4. The van der Waals surface area contributed by atoms with Crippen LogP contribution in [0.4, 0.5) is 0 Å². The van der Waals surface area contributed by atoms with Gasteiger partial charge in [-0.2, -0.15) is 0 Å². The van der Waals surface area contributed by atoms with E-state index in [2.05, 4.69) is 82.8 Å². The monoisotopic (exact) mass is 632 g/mol. The molecule has 4 aromatic heterocycles. The first-order valence-corrected chi connectivity index (χ1v) is 16.0. The Balaban J connectivity index is 1.17. The topological polar surface area (TPSA) is 74.0 Å². The van der Waals surface area contributed by atoms with Crippen molar-refractivity contribution >= 4 is 44.6 Å². The van der Waals surface area contributed by atoms with Crippen LogP contribution < -0.4 is 0 Å². The van der Waals surface area contributed by atoms with E-state index in [1.807, 2.05) is 72.8 Å². The Morgan fingerprint density at radius 1 is 0.612 bits per heavy atom. The van der Waals surface area contributed by atoms with E-state index in [1.54, 1.807) is 12.2 Å². The van der Waals surface area contributed by atoms with Crippen LogP contribution in [0.25, 0.3) is 84.2 Å². The molecule has 232 valence electrons. The predicted octanol–water partition coefficient (Wildman–Crippen LogP) is 10.1. The van der Waals surface area contributed by atoms with Crippen molar-refractivity contribution in [1.82, 2.24) is 28.9 Å². The number of fused-ring (bicyclic) bond motifs is 7. The van der Waals surface area contributed by atoms with Crippen molar-refractivity contribution in [2.24, 2.45) is 0 Å². The van der Waals surface area contributed by atoms with Crippen LogP contribution in [-0.4, -0.2) is 28.9 Å². The number of imidazole rings is 2. The van der Waals surface area contributed by atoms with Gasteiger partial charge in [0.15, 0.2) is 17.5 Å². The summed E-state index contributed by atoms with van der Waals surface area (Å²) in [6.07, 6.45) is 5.29. The first-order valence-electron chi connectivity index (χ1n) is 16.0. The fourth-order valence-electron chi connectivity index (χ4n) is 6.42. The van der Waals surface area contributed by atoms with Gasteiger partial charge in [-0.1, -0.05) is 122 Å². The minimum Gasteiger partial charge on any atom is -0.437 e. The number of hydrogen-bond donors (Lipinski definition) is 0. The molecule has 4 heterocycles. The van der Waals surface area contributed by atoms with Gasteiger partial charge in [0.05, 0.1) is 11.0 Å². The molecule has 7 nitrogen and oxygen atoms in total. The number of hydrogen-bond acceptors (Lipinski definition) is 5. The third kappa shape index (κ3) is 4.67. The van der Waals surface area contributed by atoms with Gasteiger partial charge in [0.2, 0.25) is 11.5 Å². The summed E-state index contributed by atoms with van der Waals surface area (Å²) in [6, 6.07) is 43.1. The molecule has 0 fully saturated rings. The third-order valence-corrected chi connectivity index (χ3v) is 8.76. The van der Waals surface area contributed by atoms with E-state index in [1.165, 1.54) is 0 Å². The quantitative estimate of drug-likeness (QED) is 0.164. The molecule has 0 aliphatic rings. The minimum absolute atomic E-state index is 0.540. The Hall–Kier alpha value is -6.86. The van der Waals surface area contributed by atoms with Crippen molar-refractivity contribution in [2.75, 3.05) is 0 Å². The first kappa shape index (κ1) is 28.4. The highest BCUT2D eigenvalue weighted by Gasteiger charge is 2.22. The smallest absolute Gasteiger partial charge is 0.234 e. The van der Waals surface area contributed by atoms with E-state index >= 15 is 0 Å². The largest absolute Gasteiger partial charge is 0.437 e. The Morgan fingerprint density at radius 3 is 2.00 bits per heavy atom. The average Bonchev–Trinajstić information content (AvgIpc) is 3.81. The lowest BCUT2D eigenvalue weighted by Crippen LogP contribution is -2.02. The highest BCUT2D eigenvalue weighted by Crippen LogP contribution is 2.36. The van der Waals surface area contributed by atoms with Crippen molar-refractivity contribution in [3.8, 4) is 39.6 Å². The van der Waals surface area contributed by atoms with Crippen LogP contribution in [0.5, 0.6) is 0 Å². The molecule has 0 bridgehead atoms. The van der Waals surface area contributed by atoms with E-state index < -0.39 is 0 Å². The van der Waals surface area contributed by atoms with E-state index in [0.29, 0.717) is 17.5 Å². The highest BCUT2D eigenvalue weighted by molar-refractivity contribution is 6.05. The maximum Gasteiger partial charge on any atom is 0.234 e. The fraction of sp³-hybridized carbons (Fsp3) is 0. The molecule has 0 saturated carbocycles. The molecule has 0 atom stereocenters. The molecule has 0 spiro atoms. The highest BCUT2D eigenvalue weighted by atomic mass is 16.3. The molecule has 0 aliphatic carbocycles. The fourth-order valence-corrected chi connectivity index (χ4v) is 6.42. The molecule has 7 heteroatoms. The maximum absolute atomic E-state index is 6.37. The summed E-state index contributed by atoms with van der Waals surface area (Å²) in [5.41, 5.74) is 10.2. The van der Waals surface area contributed by atoms with Crippen LogP contribution >= 0.6 is 0 Å². The van der Waals surface area contributed by atoms with Gasteiger partial charge < -0.3 is 4.42 Å². The number of allylic oxidation sites excluding steroid dienone is 4. The molecule has 0 aliphatic heterocycles. The standard InChI is InChI=1S/C42H28N6O/c1-3-13-27(4-2)38-44-39(29-14-7-5-8-15-29)46-40(45-38)30-22-20-28(21-23-30)31-24-25-34-35(26-31)47(32-16-9-6-10-17-32)42-43-37-33-18-11-12-19-36(33)49-41(37)48(34)42/h3-26H,1-2H2/b27-13+. The zero-order chi connectivity index (χ0) is 32.9. The molecular weight excluding hydrogens is 605 g/mol. The second-order valence-electron chi connectivity index (χ2n) is 11.7. The van der Waals surface area contributed by atoms with E-state index in [9.17, 15) is 0 Å². The van der Waals surface area contributed by atoms with Gasteiger partial charge in [0.25, 0.3) is 0 Å². The summed E-state index contributed by atoms with van der Waals surface area (Å²) in [4.78, 5) is 19.6. The summed E-state index contributed by atoms with van der Waals surface area (Å²) in [5, 5.41) is 1.00. The first-order chi connectivity index (χ1) is 24.2. The summed E-state index contributed by atoms with van der Waals surface area (Å²) < 4.78 is 10.7. The molecule has 9 rings (SSSR count). The van der Waals surface area contributed by atoms with Crippen LogP contribution in [0.1, 0.15) is 5.82 Å². The Kier molecular flexibility index (Phi) is 6.62. The molecule has 49 heavy (non-hydrogen) atoms. The van der Waals surface area contributed by atoms with Gasteiger partial charge in [0.1, 0.15) is 11.1 Å². The summed E-state index contributed by atoms with van der Waals surface area (Å²) in [5.74, 6) is 2.52. The van der Waals surface area contributed by atoms with Gasteiger partial charge in [-0.05, 0) is 47.5 Å². The third-order valence-electron chi connectivity index (χ3n) is 8.76. The lowest BCUT2D eigenvalue weighted by Gasteiger charge is -2.10. The van der Waals surface area contributed by atoms with E-state index in [4.69, 9.17) is 24.4 Å². The number of nitrogens with zero attached hydrogens (tertiary/aromatic N) is 6. The second-order valence-corrected chi connectivity index (χ2v) is 11.7. The predicted molar refractivity (Wildman–Crippen MR) is 197 cm³/mol. The van der Waals surface area contributed by atoms with Crippen LogP contribution in [0, 0.1) is 0 Å². The van der Waals surface area contributed by atoms with E-state index in [-0.39, 0.29) is 0 Å². The number of furan rings is 1. The molecule has 0 amide bonds. The molecule has 0 unspecified atom stereocenters. The van der Waals surface area contributed by atoms with Crippen LogP contribution in [0.2, 0.25) is 0 Å². The Labute approximate surface area is 281 Å². The average molecular weight is 633 g/mol.